The van der Waals surface area contributed by atoms with E-state index in [1.807, 2.05) is 54.3 Å². The first-order valence-electron chi connectivity index (χ1n) is 10.0. The van der Waals surface area contributed by atoms with Crippen LogP contribution >= 0.6 is 0 Å². The quantitative estimate of drug-likeness (QED) is 0.358. The highest BCUT2D eigenvalue weighted by atomic mass is 19.4. The Balaban J connectivity index is 1.70. The molecule has 0 saturated carbocycles. The lowest BCUT2D eigenvalue weighted by atomic mass is 9.86. The van der Waals surface area contributed by atoms with Gasteiger partial charge in [-0.1, -0.05) is 54.1 Å². The molecule has 0 saturated heterocycles. The summed E-state index contributed by atoms with van der Waals surface area (Å²) >= 11 is 0. The second kappa shape index (κ2) is 8.17. The molecule has 0 fully saturated rings. The van der Waals surface area contributed by atoms with E-state index in [2.05, 4.69) is 0 Å². The summed E-state index contributed by atoms with van der Waals surface area (Å²) in [6, 6.07) is 17.9. The number of fused-ring (bicyclic) bond motifs is 1. The van der Waals surface area contributed by atoms with Crippen molar-refractivity contribution in [3.05, 3.63) is 101 Å². The molecule has 3 aromatic carbocycles. The maximum absolute atomic E-state index is 15.8. The minimum atomic E-state index is -4.51. The van der Waals surface area contributed by atoms with Gasteiger partial charge in [0, 0.05) is 17.8 Å². The summed E-state index contributed by atoms with van der Waals surface area (Å²) in [7, 11) is 0. The summed E-state index contributed by atoms with van der Waals surface area (Å²) in [6.45, 7) is 2.49. The summed E-state index contributed by atoms with van der Waals surface area (Å²) in [6.07, 6.45) is -5.73. The largest absolute Gasteiger partial charge is 0.416 e. The van der Waals surface area contributed by atoms with Gasteiger partial charge in [0.05, 0.1) is 11.6 Å². The highest BCUT2D eigenvalue weighted by molar-refractivity contribution is 6.00. The number of ketones is 1. The van der Waals surface area contributed by atoms with Crippen LogP contribution in [0.4, 0.5) is 23.2 Å². The zero-order valence-corrected chi connectivity index (χ0v) is 16.9. The molecular formula is C25H21F4NO. The number of benzene rings is 3. The molecule has 0 aromatic heterocycles. The molecule has 0 bridgehead atoms. The van der Waals surface area contributed by atoms with Crippen LogP contribution in [-0.2, 0) is 12.6 Å². The lowest BCUT2D eigenvalue weighted by Crippen LogP contribution is -2.43. The van der Waals surface area contributed by atoms with Gasteiger partial charge in [-0.25, -0.2) is 4.39 Å². The molecular weight excluding hydrogens is 406 g/mol. The molecule has 2 nitrogen and oxygen atoms in total. The summed E-state index contributed by atoms with van der Waals surface area (Å²) in [4.78, 5) is 14.8. The SMILES string of the molecule is Cc1ccc(N2CCc3ccccc3C2C(F)C(=O)c2ccc(C(F)(F)F)cc2)cc1. The van der Waals surface area contributed by atoms with Gasteiger partial charge in [-0.2, -0.15) is 13.2 Å². The molecule has 0 N–H and O–H groups in total. The molecule has 0 aliphatic carbocycles. The summed E-state index contributed by atoms with van der Waals surface area (Å²) in [5.41, 5.74) is 2.61. The zero-order chi connectivity index (χ0) is 22.2. The highest BCUT2D eigenvalue weighted by Gasteiger charge is 2.39. The van der Waals surface area contributed by atoms with E-state index in [0.717, 1.165) is 46.6 Å². The maximum atomic E-state index is 15.8. The first-order chi connectivity index (χ1) is 14.8. The number of carbonyl (C=O) groups is 1. The van der Waals surface area contributed by atoms with Crippen LogP contribution in [0.3, 0.4) is 0 Å². The van der Waals surface area contributed by atoms with Gasteiger partial charge in [0.25, 0.3) is 0 Å². The number of alkyl halides is 4. The van der Waals surface area contributed by atoms with E-state index in [1.165, 1.54) is 0 Å². The Morgan fingerprint density at radius 3 is 2.26 bits per heavy atom. The Morgan fingerprint density at radius 2 is 1.61 bits per heavy atom. The Kier molecular flexibility index (Phi) is 5.56. The summed E-state index contributed by atoms with van der Waals surface area (Å²) in [5.74, 6) is -0.826. The van der Waals surface area contributed by atoms with Crippen LogP contribution in [0.1, 0.15) is 38.7 Å². The van der Waals surface area contributed by atoms with E-state index in [-0.39, 0.29) is 5.56 Å². The number of nitrogens with zero attached hydrogens (tertiary/aromatic N) is 1. The van der Waals surface area contributed by atoms with E-state index in [1.54, 1.807) is 6.07 Å². The predicted molar refractivity (Wildman–Crippen MR) is 112 cm³/mol. The third-order valence-corrected chi connectivity index (χ3v) is 5.72. The standard InChI is InChI=1S/C25H21F4NO/c1-16-6-12-20(13-7-16)30-15-14-17-4-2-3-5-21(17)23(30)22(26)24(31)18-8-10-19(11-9-18)25(27,28)29/h2-13,22-23H,14-15H2,1H3. The fourth-order valence-corrected chi connectivity index (χ4v) is 4.07. The van der Waals surface area contributed by atoms with E-state index in [9.17, 15) is 18.0 Å². The van der Waals surface area contributed by atoms with Crippen molar-refractivity contribution in [3.63, 3.8) is 0 Å². The van der Waals surface area contributed by atoms with Crippen molar-refractivity contribution in [2.24, 2.45) is 0 Å². The molecule has 0 spiro atoms. The van der Waals surface area contributed by atoms with Crippen LogP contribution in [0.15, 0.2) is 72.8 Å². The number of carbonyl (C=O) groups excluding carboxylic acids is 1. The molecule has 1 heterocycles. The molecule has 2 atom stereocenters. The molecule has 4 rings (SSSR count). The van der Waals surface area contributed by atoms with Crippen LogP contribution in [0, 0.1) is 6.92 Å². The van der Waals surface area contributed by atoms with Gasteiger partial charge in [0.2, 0.25) is 0 Å². The van der Waals surface area contributed by atoms with Gasteiger partial charge in [0.1, 0.15) is 0 Å². The number of Topliss-reactive ketones (excluding diaryl/α,β-unsaturated/α-hetero) is 1. The van der Waals surface area contributed by atoms with Crippen LogP contribution in [-0.4, -0.2) is 18.5 Å². The van der Waals surface area contributed by atoms with Crippen LogP contribution in [0.25, 0.3) is 0 Å². The first-order valence-corrected chi connectivity index (χ1v) is 10.0. The van der Waals surface area contributed by atoms with Gasteiger partial charge in [-0.3, -0.25) is 4.79 Å². The van der Waals surface area contributed by atoms with Crippen molar-refractivity contribution in [2.45, 2.75) is 31.7 Å². The van der Waals surface area contributed by atoms with Gasteiger partial charge in [-0.05, 0) is 48.7 Å². The number of halogens is 4. The van der Waals surface area contributed by atoms with Crippen LogP contribution in [0.2, 0.25) is 0 Å². The summed E-state index contributed by atoms with van der Waals surface area (Å²) < 4.78 is 54.3. The number of hydrogen-bond acceptors (Lipinski definition) is 2. The Hall–Kier alpha value is -3.15. The number of aryl methyl sites for hydroxylation is 1. The number of hydrogen-bond donors (Lipinski definition) is 0. The average Bonchev–Trinajstić information content (AvgIpc) is 2.77. The Labute approximate surface area is 178 Å². The van der Waals surface area contributed by atoms with Crippen molar-refractivity contribution in [1.29, 1.82) is 0 Å². The second-order valence-corrected chi connectivity index (χ2v) is 7.76. The van der Waals surface area contributed by atoms with Crippen molar-refractivity contribution in [1.82, 2.24) is 0 Å². The summed E-state index contributed by atoms with van der Waals surface area (Å²) in [5, 5.41) is 0. The Morgan fingerprint density at radius 1 is 0.968 bits per heavy atom. The van der Waals surface area contributed by atoms with E-state index < -0.39 is 29.7 Å². The third-order valence-electron chi connectivity index (χ3n) is 5.72. The van der Waals surface area contributed by atoms with E-state index in [4.69, 9.17) is 0 Å². The lowest BCUT2D eigenvalue weighted by molar-refractivity contribution is -0.137. The van der Waals surface area contributed by atoms with Crippen LogP contribution < -0.4 is 4.90 Å². The topological polar surface area (TPSA) is 20.3 Å². The number of rotatable bonds is 4. The average molecular weight is 427 g/mol. The molecule has 1 aliphatic rings. The maximum Gasteiger partial charge on any atom is 0.416 e. The zero-order valence-electron chi connectivity index (χ0n) is 16.9. The van der Waals surface area contributed by atoms with Crippen molar-refractivity contribution >= 4 is 11.5 Å². The van der Waals surface area contributed by atoms with Gasteiger partial charge >= 0.3 is 6.18 Å². The molecule has 31 heavy (non-hydrogen) atoms. The fraction of sp³-hybridized carbons (Fsp3) is 0.240. The highest BCUT2D eigenvalue weighted by Crippen LogP contribution is 2.38. The van der Waals surface area contributed by atoms with Crippen molar-refractivity contribution in [2.75, 3.05) is 11.4 Å². The minimum Gasteiger partial charge on any atom is -0.361 e. The molecule has 160 valence electrons. The number of anilines is 1. The predicted octanol–water partition coefficient (Wildman–Crippen LogP) is 6.34. The fourth-order valence-electron chi connectivity index (χ4n) is 4.07. The van der Waals surface area contributed by atoms with Crippen molar-refractivity contribution in [3.8, 4) is 0 Å². The normalized spacial score (nSPS) is 17.2. The lowest BCUT2D eigenvalue weighted by Gasteiger charge is -2.40. The monoisotopic (exact) mass is 427 g/mol. The van der Waals surface area contributed by atoms with Gasteiger partial charge < -0.3 is 4.90 Å². The second-order valence-electron chi connectivity index (χ2n) is 7.76. The molecule has 3 aromatic rings. The molecule has 0 amide bonds. The van der Waals surface area contributed by atoms with Gasteiger partial charge in [0.15, 0.2) is 12.0 Å². The molecule has 2 unspecified atom stereocenters. The van der Waals surface area contributed by atoms with E-state index in [0.29, 0.717) is 13.0 Å². The molecule has 0 radical (unpaired) electrons. The molecule has 6 heteroatoms. The van der Waals surface area contributed by atoms with Gasteiger partial charge in [-0.15, -0.1) is 0 Å². The molecule has 1 aliphatic heterocycles. The van der Waals surface area contributed by atoms with Crippen molar-refractivity contribution < 1.29 is 22.4 Å². The smallest absolute Gasteiger partial charge is 0.361 e. The van der Waals surface area contributed by atoms with E-state index >= 15 is 4.39 Å². The minimum absolute atomic E-state index is 0.0765. The third kappa shape index (κ3) is 4.20. The van der Waals surface area contributed by atoms with Crippen LogP contribution in [0.5, 0.6) is 0 Å². The Bertz CT molecular complexity index is 1070. The first kappa shape index (κ1) is 21.1.